The van der Waals surface area contributed by atoms with E-state index in [0.29, 0.717) is 0 Å². The minimum atomic E-state index is -4.43. The molecule has 9 rings (SSSR count). The van der Waals surface area contributed by atoms with Gasteiger partial charge in [-0.25, -0.2) is 47.8 Å². The quantitative estimate of drug-likeness (QED) is 0.110. The summed E-state index contributed by atoms with van der Waals surface area (Å²) in [6.45, 7) is -10.6. The summed E-state index contributed by atoms with van der Waals surface area (Å²) < 4.78 is 95.8. The van der Waals surface area contributed by atoms with Gasteiger partial charge in [-0.2, -0.15) is 0 Å². The van der Waals surface area contributed by atoms with E-state index in [1.165, 1.54) is 21.8 Å². The van der Waals surface area contributed by atoms with E-state index in [4.69, 9.17) is 27.6 Å². The smallest absolute Gasteiger partial charge is 0.386 e. The molecule has 4 aromatic heterocycles. The fraction of sp³-hybridized carbons (Fsp3) is 0.583. The Bertz CT molecular complexity index is 1880. The number of aromatic nitrogens is 8. The van der Waals surface area contributed by atoms with Crippen LogP contribution in [0.5, 0.6) is 0 Å². The maximum Gasteiger partial charge on any atom is 0.386 e. The number of aliphatic hydroxyl groups excluding tert-OH is 2. The van der Waals surface area contributed by atoms with E-state index in [1.54, 1.807) is 0 Å². The Morgan fingerprint density at radius 3 is 1.56 bits per heavy atom. The third kappa shape index (κ3) is 6.28. The molecule has 0 amide bonds. The molecule has 0 radical (unpaired) electrons. The van der Waals surface area contributed by atoms with Crippen LogP contribution < -0.4 is 10.6 Å². The summed E-state index contributed by atoms with van der Waals surface area (Å²) in [5.74, 6) is 0.292. The molecule has 12 atom stereocenters. The van der Waals surface area contributed by atoms with Crippen LogP contribution in [0.4, 0.5) is 20.4 Å². The number of imidazole rings is 2. The van der Waals surface area contributed by atoms with E-state index < -0.39 is 88.2 Å². The predicted molar refractivity (Wildman–Crippen MR) is 172 cm³/mol. The molecule has 5 aliphatic heterocycles. The molecular weight excluding hydrogens is 752 g/mol. The number of hydrogen-bond acceptors (Lipinski definition) is 18. The molecule has 0 saturated carbocycles. The topological polar surface area (TPSA) is 241 Å². The minimum Gasteiger partial charge on any atom is -0.389 e. The molecule has 0 aromatic carbocycles. The first-order valence-corrected chi connectivity index (χ1v) is 20.4. The average molecular weight is 781 g/mol. The van der Waals surface area contributed by atoms with Crippen LogP contribution >= 0.6 is 38.1 Å². The molecule has 0 spiro atoms. The number of rotatable bonds is 0. The number of nitrogens with one attached hydrogen (secondary N) is 2. The van der Waals surface area contributed by atoms with Crippen molar-refractivity contribution in [2.45, 2.75) is 61.4 Å². The van der Waals surface area contributed by atoms with E-state index in [-0.39, 0.29) is 47.1 Å². The van der Waals surface area contributed by atoms with Gasteiger partial charge in [0.15, 0.2) is 58.8 Å². The van der Waals surface area contributed by atoms with Crippen molar-refractivity contribution in [3.8, 4) is 0 Å². The number of thiol groups is 2. The summed E-state index contributed by atoms with van der Waals surface area (Å²) in [4.78, 5) is 25.3. The van der Waals surface area contributed by atoms with Gasteiger partial charge in [-0.15, -0.1) is 0 Å². The van der Waals surface area contributed by atoms with Crippen LogP contribution in [-0.4, -0.2) is 125 Å². The largest absolute Gasteiger partial charge is 0.389 e. The summed E-state index contributed by atoms with van der Waals surface area (Å²) in [6, 6.07) is 0. The van der Waals surface area contributed by atoms with Crippen molar-refractivity contribution in [1.82, 2.24) is 39.0 Å². The highest BCUT2D eigenvalue weighted by atomic mass is 32.7. The lowest BCUT2D eigenvalue weighted by Crippen LogP contribution is -2.37. The Morgan fingerprint density at radius 2 is 1.14 bits per heavy atom. The van der Waals surface area contributed by atoms with Crippen molar-refractivity contribution < 1.29 is 55.7 Å². The molecule has 4 N–H and O–H groups in total. The van der Waals surface area contributed by atoms with Crippen LogP contribution in [-0.2, 0) is 36.7 Å². The van der Waals surface area contributed by atoms with Crippen molar-refractivity contribution in [3.05, 3.63) is 25.3 Å². The minimum absolute atomic E-state index is 0.0915. The lowest BCUT2D eigenvalue weighted by Gasteiger charge is -2.28. The highest BCUT2D eigenvalue weighted by Crippen LogP contribution is 2.60. The number of alkyl halides is 2. The van der Waals surface area contributed by atoms with Gasteiger partial charge in [0.25, 0.3) is 0 Å². The van der Waals surface area contributed by atoms with E-state index in [2.05, 4.69) is 65.0 Å². The van der Waals surface area contributed by atoms with Crippen LogP contribution in [0, 0.1) is 0 Å². The molecular formula is C24H28F2N10O10P2S2. The zero-order valence-corrected chi connectivity index (χ0v) is 28.8. The molecule has 5 aliphatic rings. The predicted octanol–water partition coefficient (Wildman–Crippen LogP) is 1.59. The fourth-order valence-corrected chi connectivity index (χ4v) is 9.03. The number of nitrogens with zero attached hydrogens (tertiary/aromatic N) is 8. The number of fused-ring (bicyclic) bond motifs is 11. The molecule has 26 heteroatoms. The van der Waals surface area contributed by atoms with Gasteiger partial charge in [0.05, 0.1) is 38.1 Å². The first-order valence-electron chi connectivity index (χ1n) is 15.0. The average Bonchev–Trinajstić information content (AvgIpc) is 3.85. The molecule has 14 bridgehead atoms. The Labute approximate surface area is 290 Å². The number of hydrogen-bond donors (Lipinski definition) is 6. The van der Waals surface area contributed by atoms with Crippen LogP contribution in [0.1, 0.15) is 12.5 Å². The molecule has 0 aliphatic carbocycles. The SMILES string of the molecule is O=[P@]1(S)OCC2O[C@@H]3[C@H](F)[C@@H]2O[P@](=O)(S)OCC2OC([C@H](F)[C@@H]2O1)n1cnc2c(ncnc21)NC[C@H](O)[C@@H](O)CNc1ncnc2c1ncn23. The van der Waals surface area contributed by atoms with Gasteiger partial charge in [0.2, 0.25) is 0 Å². The molecule has 20 nitrogen and oxygen atoms in total. The van der Waals surface area contributed by atoms with Crippen molar-refractivity contribution in [2.24, 2.45) is 0 Å². The summed E-state index contributed by atoms with van der Waals surface area (Å²) in [7, 11) is 0. The van der Waals surface area contributed by atoms with Gasteiger partial charge in [-0.3, -0.25) is 27.2 Å². The first kappa shape index (κ1) is 34.5. The lowest BCUT2D eigenvalue weighted by molar-refractivity contribution is -0.0544. The van der Waals surface area contributed by atoms with Crippen molar-refractivity contribution in [3.63, 3.8) is 0 Å². The standard InChI is InChI=1S/C24H28F2N10O10P2S2/c25-13-17-11-3-41-48(40,50)46-18-12(4-42-47(39,49)45-17)44-24(14(18)26)36-8-34-16-20(30-6-32-22(16)36)28-2-10(38)9(37)1-27-19-15-21(31-5-29-19)35(7-33-15)23(13)43-11/h5-14,17-18,23-24,37-38H,1-4H2,(H,39,49)(H,40,50)(H,27,29,31)(H,28,30,32)/t9-,10-,11?,12?,13+,14+,17+,18+,23+,24?,47+,48-/m0/s1. The van der Waals surface area contributed by atoms with Gasteiger partial charge in [-0.1, -0.05) is 24.5 Å². The third-order valence-corrected chi connectivity index (χ3v) is 11.7. The van der Waals surface area contributed by atoms with Crippen molar-refractivity contribution in [2.75, 3.05) is 36.9 Å². The zero-order chi connectivity index (χ0) is 34.9. The van der Waals surface area contributed by atoms with Gasteiger partial charge in [0, 0.05) is 13.1 Å². The van der Waals surface area contributed by atoms with E-state index in [1.807, 2.05) is 0 Å². The number of ether oxygens (including phenoxy) is 2. The van der Waals surface area contributed by atoms with Crippen molar-refractivity contribution >= 4 is 72.1 Å². The fourth-order valence-electron chi connectivity index (χ4n) is 6.07. The van der Waals surface area contributed by atoms with Crippen molar-refractivity contribution in [1.29, 1.82) is 0 Å². The summed E-state index contributed by atoms with van der Waals surface area (Å²) in [6.07, 6.45) is -11.2. The zero-order valence-electron chi connectivity index (χ0n) is 25.2. The Morgan fingerprint density at radius 1 is 0.720 bits per heavy atom. The second-order valence-corrected chi connectivity index (χ2v) is 17.4. The molecule has 3 unspecified atom stereocenters. The maximum atomic E-state index is 16.3. The highest BCUT2D eigenvalue weighted by molar-refractivity contribution is 8.44. The molecule has 3 saturated heterocycles. The highest BCUT2D eigenvalue weighted by Gasteiger charge is 2.54. The molecule has 270 valence electrons. The Balaban J connectivity index is 1.21. The normalized spacial score (nSPS) is 39.6. The monoisotopic (exact) mass is 780 g/mol. The first-order chi connectivity index (χ1) is 23.9. The summed E-state index contributed by atoms with van der Waals surface area (Å²) >= 11 is 8.06. The Hall–Kier alpha value is -2.60. The molecule has 9 heterocycles. The number of aliphatic hydroxyl groups is 2. The van der Waals surface area contributed by atoms with Crippen LogP contribution in [0.2, 0.25) is 0 Å². The van der Waals surface area contributed by atoms with Gasteiger partial charge < -0.3 is 30.3 Å². The number of halogens is 2. The molecule has 4 aromatic rings. The second kappa shape index (κ2) is 13.1. The van der Waals surface area contributed by atoms with E-state index in [9.17, 15) is 19.3 Å². The van der Waals surface area contributed by atoms with Crippen LogP contribution in [0.3, 0.4) is 0 Å². The molecule has 50 heavy (non-hydrogen) atoms. The van der Waals surface area contributed by atoms with Crippen LogP contribution in [0.25, 0.3) is 22.3 Å². The molecule has 3 fully saturated rings. The maximum absolute atomic E-state index is 16.3. The van der Waals surface area contributed by atoms with E-state index >= 15 is 8.78 Å². The van der Waals surface area contributed by atoms with Gasteiger partial charge >= 0.3 is 13.6 Å². The van der Waals surface area contributed by atoms with Gasteiger partial charge in [-0.05, 0) is 0 Å². The Kier molecular flexibility index (Phi) is 9.04. The lowest BCUT2D eigenvalue weighted by atomic mass is 10.1. The third-order valence-electron chi connectivity index (χ3n) is 8.51. The summed E-state index contributed by atoms with van der Waals surface area (Å²) in [5, 5.41) is 27.3. The van der Waals surface area contributed by atoms with Gasteiger partial charge in [0.1, 0.15) is 37.1 Å². The van der Waals surface area contributed by atoms with Crippen LogP contribution in [0.15, 0.2) is 25.3 Å². The number of anilines is 2. The second-order valence-electron chi connectivity index (χ2n) is 11.7. The summed E-state index contributed by atoms with van der Waals surface area (Å²) in [5.41, 5.74) is 0.492. The van der Waals surface area contributed by atoms with E-state index in [0.717, 1.165) is 12.7 Å².